The van der Waals surface area contributed by atoms with Gasteiger partial charge in [0.1, 0.15) is 17.3 Å². The summed E-state index contributed by atoms with van der Waals surface area (Å²) >= 11 is 0. The molecular weight excluding hydrogens is 318 g/mol. The number of pyridine rings is 2. The number of carbonyl (C=O) groups excluding carboxylic acids is 1. The highest BCUT2D eigenvalue weighted by atomic mass is 16.1. The molecule has 8 heteroatoms. The van der Waals surface area contributed by atoms with Gasteiger partial charge in [-0.2, -0.15) is 0 Å². The van der Waals surface area contributed by atoms with Crippen molar-refractivity contribution in [3.63, 3.8) is 0 Å². The zero-order valence-corrected chi connectivity index (χ0v) is 13.4. The highest BCUT2D eigenvalue weighted by molar-refractivity contribution is 5.92. The molecule has 0 aliphatic heterocycles. The number of rotatable bonds is 7. The van der Waals surface area contributed by atoms with Crippen LogP contribution in [0.4, 0.5) is 17.5 Å². The molecule has 0 aliphatic carbocycles. The van der Waals surface area contributed by atoms with E-state index in [9.17, 15) is 4.79 Å². The van der Waals surface area contributed by atoms with Crippen LogP contribution in [0.2, 0.25) is 0 Å². The maximum Gasteiger partial charge on any atom is 0.269 e. The zero-order valence-electron chi connectivity index (χ0n) is 13.4. The van der Waals surface area contributed by atoms with Crippen LogP contribution in [0.5, 0.6) is 0 Å². The van der Waals surface area contributed by atoms with Crippen LogP contribution in [-0.2, 0) is 0 Å². The Balaban J connectivity index is 1.42. The Bertz CT molecular complexity index is 794. The number of hydrogen-bond donors (Lipinski definition) is 3. The van der Waals surface area contributed by atoms with Crippen LogP contribution in [0.1, 0.15) is 10.5 Å². The lowest BCUT2D eigenvalue weighted by molar-refractivity contribution is 0.0950. The third kappa shape index (κ3) is 4.96. The molecule has 0 bridgehead atoms. The molecule has 0 fully saturated rings. The summed E-state index contributed by atoms with van der Waals surface area (Å²) in [6.45, 7) is 0.977. The van der Waals surface area contributed by atoms with Crippen molar-refractivity contribution in [2.24, 2.45) is 0 Å². The first-order chi connectivity index (χ1) is 12.3. The molecule has 25 heavy (non-hydrogen) atoms. The van der Waals surface area contributed by atoms with Crippen LogP contribution in [0.3, 0.4) is 0 Å². The standard InChI is InChI=1S/C17H17N7O/c25-17(13-5-1-3-9-18-13)21-12-11-20-15-7-8-16(24-23-15)22-14-6-2-4-10-19-14/h1-10H,11-12H2,(H,20,23)(H,21,25)(H,19,22,24). The van der Waals surface area contributed by atoms with Crippen molar-refractivity contribution >= 4 is 23.4 Å². The predicted octanol–water partition coefficient (Wildman–Crippen LogP) is 1.85. The number of hydrogen-bond acceptors (Lipinski definition) is 7. The van der Waals surface area contributed by atoms with Gasteiger partial charge in [0.2, 0.25) is 0 Å². The van der Waals surface area contributed by atoms with Gasteiger partial charge in [0, 0.05) is 25.5 Å². The Kier molecular flexibility index (Phi) is 5.44. The SMILES string of the molecule is O=C(NCCNc1ccc(Nc2ccccn2)nn1)c1ccccn1. The van der Waals surface area contributed by atoms with E-state index in [2.05, 4.69) is 36.1 Å². The third-order valence-corrected chi connectivity index (χ3v) is 3.20. The summed E-state index contributed by atoms with van der Waals surface area (Å²) < 4.78 is 0. The van der Waals surface area contributed by atoms with Crippen molar-refractivity contribution in [3.05, 3.63) is 66.6 Å². The van der Waals surface area contributed by atoms with Crippen LogP contribution < -0.4 is 16.0 Å². The molecule has 3 heterocycles. The van der Waals surface area contributed by atoms with E-state index < -0.39 is 0 Å². The lowest BCUT2D eigenvalue weighted by Gasteiger charge is -2.08. The van der Waals surface area contributed by atoms with E-state index in [0.29, 0.717) is 36.2 Å². The van der Waals surface area contributed by atoms with E-state index in [1.54, 1.807) is 42.7 Å². The van der Waals surface area contributed by atoms with E-state index in [1.807, 2.05) is 18.2 Å². The molecule has 0 radical (unpaired) electrons. The first-order valence-corrected chi connectivity index (χ1v) is 7.76. The molecule has 1 amide bonds. The largest absolute Gasteiger partial charge is 0.367 e. The molecule has 8 nitrogen and oxygen atoms in total. The molecule has 0 atom stereocenters. The topological polar surface area (TPSA) is 105 Å². The van der Waals surface area contributed by atoms with Gasteiger partial charge in [0.25, 0.3) is 5.91 Å². The Morgan fingerprint density at radius 3 is 2.24 bits per heavy atom. The molecule has 0 saturated carbocycles. The van der Waals surface area contributed by atoms with Gasteiger partial charge in [-0.3, -0.25) is 9.78 Å². The van der Waals surface area contributed by atoms with Gasteiger partial charge in [0.05, 0.1) is 0 Å². The van der Waals surface area contributed by atoms with Crippen LogP contribution in [-0.4, -0.2) is 39.2 Å². The van der Waals surface area contributed by atoms with E-state index in [4.69, 9.17) is 0 Å². The average Bonchev–Trinajstić information content (AvgIpc) is 2.68. The monoisotopic (exact) mass is 335 g/mol. The average molecular weight is 335 g/mol. The molecule has 3 N–H and O–H groups in total. The van der Waals surface area contributed by atoms with Gasteiger partial charge in [0.15, 0.2) is 5.82 Å². The molecule has 3 rings (SSSR count). The molecule has 3 aromatic rings. The number of anilines is 3. The third-order valence-electron chi connectivity index (χ3n) is 3.20. The van der Waals surface area contributed by atoms with Crippen molar-refractivity contribution in [1.82, 2.24) is 25.5 Å². The first-order valence-electron chi connectivity index (χ1n) is 7.76. The fourth-order valence-electron chi connectivity index (χ4n) is 2.02. The van der Waals surface area contributed by atoms with Crippen LogP contribution in [0.25, 0.3) is 0 Å². The van der Waals surface area contributed by atoms with Gasteiger partial charge >= 0.3 is 0 Å². The van der Waals surface area contributed by atoms with Gasteiger partial charge < -0.3 is 16.0 Å². The minimum atomic E-state index is -0.205. The number of aromatic nitrogens is 4. The number of nitrogens with one attached hydrogen (secondary N) is 3. The van der Waals surface area contributed by atoms with E-state index in [0.717, 1.165) is 0 Å². The highest BCUT2D eigenvalue weighted by Crippen LogP contribution is 2.11. The fraction of sp³-hybridized carbons (Fsp3) is 0.118. The second-order valence-electron chi connectivity index (χ2n) is 5.04. The lowest BCUT2D eigenvalue weighted by atomic mass is 10.3. The van der Waals surface area contributed by atoms with Gasteiger partial charge in [-0.1, -0.05) is 12.1 Å². The molecule has 126 valence electrons. The molecule has 0 spiro atoms. The number of nitrogens with zero attached hydrogens (tertiary/aromatic N) is 4. The van der Waals surface area contributed by atoms with E-state index in [-0.39, 0.29) is 5.91 Å². The summed E-state index contributed by atoms with van der Waals surface area (Å²) in [6.07, 6.45) is 3.29. The summed E-state index contributed by atoms with van der Waals surface area (Å²) in [6, 6.07) is 14.4. The Morgan fingerprint density at radius 1 is 0.800 bits per heavy atom. The van der Waals surface area contributed by atoms with Gasteiger partial charge in [-0.15, -0.1) is 10.2 Å². The van der Waals surface area contributed by atoms with Gasteiger partial charge in [-0.25, -0.2) is 4.98 Å². The molecular formula is C17H17N7O. The Labute approximate surface area is 144 Å². The quantitative estimate of drug-likeness (QED) is 0.566. The molecule has 0 unspecified atom stereocenters. The lowest BCUT2D eigenvalue weighted by Crippen LogP contribution is -2.29. The van der Waals surface area contributed by atoms with Crippen molar-refractivity contribution < 1.29 is 4.79 Å². The van der Waals surface area contributed by atoms with E-state index >= 15 is 0 Å². The van der Waals surface area contributed by atoms with Crippen molar-refractivity contribution in [2.45, 2.75) is 0 Å². The van der Waals surface area contributed by atoms with Crippen molar-refractivity contribution in [3.8, 4) is 0 Å². The summed E-state index contributed by atoms with van der Waals surface area (Å²) in [5.74, 6) is 1.73. The van der Waals surface area contributed by atoms with Crippen LogP contribution in [0.15, 0.2) is 60.9 Å². The Morgan fingerprint density at radius 2 is 1.56 bits per heavy atom. The van der Waals surface area contributed by atoms with Crippen molar-refractivity contribution in [1.29, 1.82) is 0 Å². The maximum absolute atomic E-state index is 11.8. The first kappa shape index (κ1) is 16.3. The molecule has 0 saturated heterocycles. The highest BCUT2D eigenvalue weighted by Gasteiger charge is 2.04. The molecule has 3 aromatic heterocycles. The second-order valence-corrected chi connectivity index (χ2v) is 5.04. The van der Waals surface area contributed by atoms with Crippen LogP contribution in [0, 0.1) is 0 Å². The molecule has 0 aromatic carbocycles. The van der Waals surface area contributed by atoms with Crippen molar-refractivity contribution in [2.75, 3.05) is 23.7 Å². The minimum absolute atomic E-state index is 0.205. The van der Waals surface area contributed by atoms with E-state index in [1.165, 1.54) is 0 Å². The number of carbonyl (C=O) groups is 1. The summed E-state index contributed by atoms with van der Waals surface area (Å²) in [5, 5.41) is 17.1. The minimum Gasteiger partial charge on any atom is -0.367 e. The Hall–Kier alpha value is -3.55. The summed E-state index contributed by atoms with van der Waals surface area (Å²) in [5.41, 5.74) is 0.396. The van der Waals surface area contributed by atoms with Gasteiger partial charge in [-0.05, 0) is 36.4 Å². The predicted molar refractivity (Wildman–Crippen MR) is 94.6 cm³/mol. The summed E-state index contributed by atoms with van der Waals surface area (Å²) in [7, 11) is 0. The molecule has 0 aliphatic rings. The maximum atomic E-state index is 11.8. The fourth-order valence-corrected chi connectivity index (χ4v) is 2.02. The second kappa shape index (κ2) is 8.34. The number of amides is 1. The van der Waals surface area contributed by atoms with Crippen LogP contribution >= 0.6 is 0 Å². The summed E-state index contributed by atoms with van der Waals surface area (Å²) in [4.78, 5) is 20.0. The normalized spacial score (nSPS) is 10.1. The smallest absolute Gasteiger partial charge is 0.269 e. The zero-order chi connectivity index (χ0) is 17.3.